The molecule has 0 saturated carbocycles. The molecule has 2 heterocycles. The second-order valence-corrected chi connectivity index (χ2v) is 7.35. The fraction of sp³-hybridized carbons (Fsp3) is 0.174. The maximum Gasteiger partial charge on any atom is 0.313 e. The minimum absolute atomic E-state index is 0.174. The lowest BCUT2D eigenvalue weighted by molar-refractivity contribution is -0.384. The fourth-order valence-electron chi connectivity index (χ4n) is 3.82. The summed E-state index contributed by atoms with van der Waals surface area (Å²) in [5.74, 6) is -1.71. The summed E-state index contributed by atoms with van der Waals surface area (Å²) in [6.07, 6.45) is 4.33. The van der Waals surface area contributed by atoms with Crippen LogP contribution in [0, 0.1) is 10.1 Å². The number of fused-ring (bicyclic) bond motifs is 1. The van der Waals surface area contributed by atoms with E-state index in [1.807, 2.05) is 30.3 Å². The predicted molar refractivity (Wildman–Crippen MR) is 119 cm³/mol. The number of amides is 2. The molecule has 9 nitrogen and oxygen atoms in total. The molecule has 2 aromatic carbocycles. The minimum Gasteiger partial charge on any atom is -0.362 e. The Labute approximate surface area is 184 Å². The first-order valence-corrected chi connectivity index (χ1v) is 10.1. The molecule has 9 heteroatoms. The Morgan fingerprint density at radius 3 is 2.72 bits per heavy atom. The number of nitrogens with zero attached hydrogens (tertiary/aromatic N) is 3. The first kappa shape index (κ1) is 21.0. The second-order valence-electron chi connectivity index (χ2n) is 7.35. The van der Waals surface area contributed by atoms with Crippen LogP contribution in [0.3, 0.4) is 0 Å². The average molecular weight is 431 g/mol. The van der Waals surface area contributed by atoms with Crippen LogP contribution in [-0.2, 0) is 16.0 Å². The van der Waals surface area contributed by atoms with Crippen molar-refractivity contribution >= 4 is 28.9 Å². The highest BCUT2D eigenvalue weighted by atomic mass is 16.6. The molecule has 3 aromatic rings. The number of carbonyl (C=O) groups excluding carboxylic acids is 2. The van der Waals surface area contributed by atoms with Crippen molar-refractivity contribution in [3.05, 3.63) is 94.3 Å². The molecule has 1 aliphatic rings. The number of nitro groups is 1. The quantitative estimate of drug-likeness (QED) is 0.352. The van der Waals surface area contributed by atoms with Gasteiger partial charge in [-0.25, -0.2) is 0 Å². The normalized spacial score (nSPS) is 13.2. The molecule has 0 unspecified atom stereocenters. The van der Waals surface area contributed by atoms with Gasteiger partial charge in [-0.3, -0.25) is 24.7 Å². The van der Waals surface area contributed by atoms with Crippen LogP contribution in [0.15, 0.2) is 73.1 Å². The van der Waals surface area contributed by atoms with Gasteiger partial charge < -0.3 is 15.5 Å². The molecule has 1 aliphatic heterocycles. The topological polar surface area (TPSA) is 117 Å². The molecular formula is C23H21N5O4. The van der Waals surface area contributed by atoms with Crippen LogP contribution in [0.5, 0.6) is 0 Å². The van der Waals surface area contributed by atoms with E-state index >= 15 is 0 Å². The minimum atomic E-state index is -0.891. The van der Waals surface area contributed by atoms with Crippen molar-refractivity contribution in [2.45, 2.75) is 12.5 Å². The van der Waals surface area contributed by atoms with Crippen LogP contribution in [0.1, 0.15) is 17.2 Å². The zero-order chi connectivity index (χ0) is 22.5. The van der Waals surface area contributed by atoms with E-state index < -0.39 is 16.7 Å². The Morgan fingerprint density at radius 2 is 1.94 bits per heavy atom. The van der Waals surface area contributed by atoms with Gasteiger partial charge in [0.25, 0.3) is 5.69 Å². The summed E-state index contributed by atoms with van der Waals surface area (Å²) < 4.78 is 0. The van der Waals surface area contributed by atoms with Crippen LogP contribution in [0.4, 0.5) is 17.1 Å². The molecule has 1 atom stereocenters. The van der Waals surface area contributed by atoms with E-state index in [1.165, 1.54) is 29.8 Å². The summed E-state index contributed by atoms with van der Waals surface area (Å²) in [6, 6.07) is 17.1. The van der Waals surface area contributed by atoms with Gasteiger partial charge in [-0.1, -0.05) is 30.3 Å². The number of hydrogen-bond donors (Lipinski definition) is 2. The molecule has 1 aromatic heterocycles. The van der Waals surface area contributed by atoms with Gasteiger partial charge in [0.15, 0.2) is 0 Å². The summed E-state index contributed by atoms with van der Waals surface area (Å²) in [5, 5.41) is 16.0. The van der Waals surface area contributed by atoms with Crippen LogP contribution in [-0.4, -0.2) is 34.8 Å². The van der Waals surface area contributed by atoms with Crippen molar-refractivity contribution in [3.8, 4) is 0 Å². The number of nitro benzene ring substituents is 1. The number of aromatic nitrogens is 1. The Hall–Kier alpha value is -4.27. The lowest BCUT2D eigenvalue weighted by atomic mass is 10.1. The number of hydrogen-bond acceptors (Lipinski definition) is 6. The van der Waals surface area contributed by atoms with Gasteiger partial charge in [0.2, 0.25) is 0 Å². The first-order chi connectivity index (χ1) is 15.5. The lowest BCUT2D eigenvalue weighted by Gasteiger charge is -2.30. The monoisotopic (exact) mass is 431 g/mol. The number of pyridine rings is 1. The zero-order valence-corrected chi connectivity index (χ0v) is 17.1. The summed E-state index contributed by atoms with van der Waals surface area (Å²) in [4.78, 5) is 41.5. The second kappa shape index (κ2) is 9.25. The van der Waals surface area contributed by atoms with Crippen molar-refractivity contribution in [3.63, 3.8) is 0 Å². The van der Waals surface area contributed by atoms with E-state index in [4.69, 9.17) is 0 Å². The Bertz CT molecular complexity index is 1150. The molecule has 0 bridgehead atoms. The molecule has 0 spiro atoms. The molecule has 0 radical (unpaired) electrons. The number of non-ortho nitro benzene ring substituents is 1. The Balaban J connectivity index is 1.46. The number of nitrogens with one attached hydrogen (secondary N) is 2. The van der Waals surface area contributed by atoms with Crippen LogP contribution < -0.4 is 15.5 Å². The van der Waals surface area contributed by atoms with Crippen molar-refractivity contribution in [1.29, 1.82) is 0 Å². The van der Waals surface area contributed by atoms with Crippen LogP contribution in [0.2, 0.25) is 0 Å². The van der Waals surface area contributed by atoms with E-state index in [1.54, 1.807) is 12.4 Å². The van der Waals surface area contributed by atoms with Gasteiger partial charge in [0.1, 0.15) is 0 Å². The maximum absolute atomic E-state index is 12.5. The lowest BCUT2D eigenvalue weighted by Crippen LogP contribution is -2.41. The predicted octanol–water partition coefficient (Wildman–Crippen LogP) is 2.85. The highest BCUT2D eigenvalue weighted by molar-refractivity contribution is 6.39. The van der Waals surface area contributed by atoms with E-state index in [-0.39, 0.29) is 24.0 Å². The molecule has 0 saturated heterocycles. The third-order valence-electron chi connectivity index (χ3n) is 5.35. The number of rotatable bonds is 6. The van der Waals surface area contributed by atoms with Crippen molar-refractivity contribution < 1.29 is 14.5 Å². The van der Waals surface area contributed by atoms with Gasteiger partial charge in [-0.15, -0.1) is 0 Å². The van der Waals surface area contributed by atoms with E-state index in [9.17, 15) is 19.7 Å². The van der Waals surface area contributed by atoms with Gasteiger partial charge in [-0.05, 0) is 35.7 Å². The summed E-state index contributed by atoms with van der Waals surface area (Å²) >= 11 is 0. The molecule has 0 fully saturated rings. The number of benzene rings is 2. The average Bonchev–Trinajstić information content (AvgIpc) is 3.24. The SMILES string of the molecule is O=C(NC[C@@H](c1cccnc1)N1CCc2ccccc21)C(=O)Nc1cccc([N+](=O)[O-])c1. The van der Waals surface area contributed by atoms with Crippen LogP contribution in [0.25, 0.3) is 0 Å². The molecule has 162 valence electrons. The molecule has 0 aliphatic carbocycles. The highest BCUT2D eigenvalue weighted by Crippen LogP contribution is 2.34. The molecule has 32 heavy (non-hydrogen) atoms. The smallest absolute Gasteiger partial charge is 0.313 e. The van der Waals surface area contributed by atoms with E-state index in [0.29, 0.717) is 0 Å². The fourth-order valence-corrected chi connectivity index (χ4v) is 3.82. The molecule has 2 amide bonds. The van der Waals surface area contributed by atoms with Gasteiger partial charge >= 0.3 is 11.8 Å². The van der Waals surface area contributed by atoms with Gasteiger partial charge in [0.05, 0.1) is 11.0 Å². The largest absolute Gasteiger partial charge is 0.362 e. The third-order valence-corrected chi connectivity index (χ3v) is 5.35. The van der Waals surface area contributed by atoms with Crippen LogP contribution >= 0.6 is 0 Å². The number of para-hydroxylation sites is 1. The van der Waals surface area contributed by atoms with Crippen molar-refractivity contribution in [2.24, 2.45) is 0 Å². The molecule has 2 N–H and O–H groups in total. The van der Waals surface area contributed by atoms with E-state index in [0.717, 1.165) is 24.2 Å². The van der Waals surface area contributed by atoms with Crippen molar-refractivity contribution in [2.75, 3.05) is 23.3 Å². The highest BCUT2D eigenvalue weighted by Gasteiger charge is 2.28. The first-order valence-electron chi connectivity index (χ1n) is 10.1. The Morgan fingerprint density at radius 1 is 1.09 bits per heavy atom. The maximum atomic E-state index is 12.5. The number of carbonyl (C=O) groups is 2. The van der Waals surface area contributed by atoms with E-state index in [2.05, 4.69) is 26.6 Å². The van der Waals surface area contributed by atoms with Gasteiger partial charge in [-0.2, -0.15) is 0 Å². The molecular weight excluding hydrogens is 410 g/mol. The third kappa shape index (κ3) is 4.56. The summed E-state index contributed by atoms with van der Waals surface area (Å²) in [6.45, 7) is 0.982. The standard InChI is InChI=1S/C23H21N5O4/c29-22(23(30)26-18-7-3-8-19(13-18)28(31)32)25-15-21(17-6-4-11-24-14-17)27-12-10-16-5-1-2-9-20(16)27/h1-9,11,13-14,21H,10,12,15H2,(H,25,29)(H,26,30)/t21-/m0/s1. The zero-order valence-electron chi connectivity index (χ0n) is 17.1. The van der Waals surface area contributed by atoms with Gasteiger partial charge in [0, 0.05) is 49.0 Å². The summed E-state index contributed by atoms with van der Waals surface area (Å²) in [7, 11) is 0. The Kier molecular flexibility index (Phi) is 6.07. The summed E-state index contributed by atoms with van der Waals surface area (Å²) in [5.41, 5.74) is 3.25. The number of anilines is 2. The molecule has 4 rings (SSSR count). The van der Waals surface area contributed by atoms with Crippen molar-refractivity contribution in [1.82, 2.24) is 10.3 Å².